The van der Waals surface area contributed by atoms with Crippen molar-refractivity contribution in [1.29, 1.82) is 0 Å². The average Bonchev–Trinajstić information content (AvgIpc) is 3.05. The zero-order valence-electron chi connectivity index (χ0n) is 12.8. The molecule has 1 amide bonds. The lowest BCUT2D eigenvalue weighted by molar-refractivity contribution is -0.116. The molecule has 0 spiro atoms. The molecule has 8 heteroatoms. The van der Waals surface area contributed by atoms with Gasteiger partial charge in [-0.3, -0.25) is 4.79 Å². The molecule has 0 atom stereocenters. The van der Waals surface area contributed by atoms with Gasteiger partial charge in [-0.25, -0.2) is 4.39 Å². The third-order valence-corrected chi connectivity index (χ3v) is 4.49. The molecule has 3 aromatic rings. The topological polar surface area (TPSA) is 68.0 Å². The molecule has 25 heavy (non-hydrogen) atoms. The first kappa shape index (κ1) is 17.8. The second kappa shape index (κ2) is 7.88. The second-order valence-electron chi connectivity index (χ2n) is 5.19. The Labute approximate surface area is 159 Å². The number of halogens is 3. The van der Waals surface area contributed by atoms with E-state index in [0.717, 1.165) is 8.95 Å². The Balaban J connectivity index is 1.58. The van der Waals surface area contributed by atoms with Crippen LogP contribution >= 0.6 is 31.9 Å². The molecule has 0 radical (unpaired) electrons. The zero-order valence-corrected chi connectivity index (χ0v) is 16.0. The van der Waals surface area contributed by atoms with E-state index in [4.69, 9.17) is 4.52 Å². The van der Waals surface area contributed by atoms with Crippen LogP contribution < -0.4 is 5.32 Å². The quantitative estimate of drug-likeness (QED) is 0.573. The molecule has 0 bridgehead atoms. The predicted molar refractivity (Wildman–Crippen MR) is 98.5 cm³/mol. The molecule has 128 valence electrons. The first-order chi connectivity index (χ1) is 12.0. The van der Waals surface area contributed by atoms with Gasteiger partial charge in [0.2, 0.25) is 17.6 Å². The van der Waals surface area contributed by atoms with Gasteiger partial charge in [-0.2, -0.15) is 4.98 Å². The molecule has 1 aromatic heterocycles. The Morgan fingerprint density at radius 1 is 1.16 bits per heavy atom. The fraction of sp³-hybridized carbons (Fsp3) is 0.118. The highest BCUT2D eigenvalue weighted by atomic mass is 79.9. The van der Waals surface area contributed by atoms with Crippen molar-refractivity contribution in [2.75, 3.05) is 5.32 Å². The first-order valence-electron chi connectivity index (χ1n) is 7.35. The minimum atomic E-state index is -0.330. The van der Waals surface area contributed by atoms with Gasteiger partial charge in [0.15, 0.2) is 0 Å². The van der Waals surface area contributed by atoms with Gasteiger partial charge in [0.25, 0.3) is 0 Å². The molecule has 0 saturated heterocycles. The summed E-state index contributed by atoms with van der Waals surface area (Å²) in [5, 5.41) is 6.66. The normalized spacial score (nSPS) is 10.7. The van der Waals surface area contributed by atoms with Crippen molar-refractivity contribution in [2.24, 2.45) is 0 Å². The number of hydrogen-bond donors (Lipinski definition) is 1. The van der Waals surface area contributed by atoms with Crippen LogP contribution in [0.4, 0.5) is 10.1 Å². The molecular weight excluding hydrogens is 457 g/mol. The second-order valence-corrected chi connectivity index (χ2v) is 6.96. The molecule has 2 aromatic carbocycles. The molecule has 0 fully saturated rings. The molecule has 0 saturated carbocycles. The fourth-order valence-electron chi connectivity index (χ4n) is 2.10. The summed E-state index contributed by atoms with van der Waals surface area (Å²) in [6.45, 7) is 0. The summed E-state index contributed by atoms with van der Waals surface area (Å²) in [5.74, 6) is 0.225. The number of rotatable bonds is 5. The summed E-state index contributed by atoms with van der Waals surface area (Å²) in [7, 11) is 0. The van der Waals surface area contributed by atoms with Gasteiger partial charge in [0.1, 0.15) is 5.82 Å². The predicted octanol–water partition coefficient (Wildman–Crippen LogP) is 4.97. The minimum absolute atomic E-state index is 0.162. The Morgan fingerprint density at radius 2 is 1.92 bits per heavy atom. The number of aromatic nitrogens is 2. The number of benzene rings is 2. The number of amides is 1. The molecule has 1 heterocycles. The van der Waals surface area contributed by atoms with Gasteiger partial charge >= 0.3 is 0 Å². The summed E-state index contributed by atoms with van der Waals surface area (Å²) < 4.78 is 19.8. The average molecular weight is 469 g/mol. The van der Waals surface area contributed by atoms with E-state index < -0.39 is 0 Å². The molecule has 3 rings (SSSR count). The van der Waals surface area contributed by atoms with Crippen LogP contribution in [0.2, 0.25) is 0 Å². The third kappa shape index (κ3) is 4.73. The summed E-state index contributed by atoms with van der Waals surface area (Å²) in [6.07, 6.45) is 0.516. The van der Waals surface area contributed by atoms with Crippen molar-refractivity contribution in [3.63, 3.8) is 0 Å². The van der Waals surface area contributed by atoms with Crippen molar-refractivity contribution in [3.05, 3.63) is 63.1 Å². The van der Waals surface area contributed by atoms with E-state index in [-0.39, 0.29) is 18.1 Å². The monoisotopic (exact) mass is 467 g/mol. The van der Waals surface area contributed by atoms with Crippen molar-refractivity contribution in [3.8, 4) is 11.4 Å². The van der Waals surface area contributed by atoms with E-state index in [9.17, 15) is 9.18 Å². The van der Waals surface area contributed by atoms with Crippen LogP contribution in [0.15, 0.2) is 55.9 Å². The van der Waals surface area contributed by atoms with Crippen LogP contribution in [0, 0.1) is 5.82 Å². The lowest BCUT2D eigenvalue weighted by Crippen LogP contribution is -2.12. The molecular formula is C17H12Br2FN3O2. The summed E-state index contributed by atoms with van der Waals surface area (Å²) >= 11 is 6.75. The maximum Gasteiger partial charge on any atom is 0.227 e. The maximum atomic E-state index is 12.9. The molecule has 0 unspecified atom stereocenters. The van der Waals surface area contributed by atoms with Crippen LogP contribution in [0.5, 0.6) is 0 Å². The highest BCUT2D eigenvalue weighted by molar-refractivity contribution is 9.11. The van der Waals surface area contributed by atoms with E-state index in [2.05, 4.69) is 47.3 Å². The smallest absolute Gasteiger partial charge is 0.227 e. The molecule has 1 N–H and O–H groups in total. The highest BCUT2D eigenvalue weighted by Crippen LogP contribution is 2.26. The maximum absolute atomic E-state index is 12.9. The Bertz CT molecular complexity index is 897. The van der Waals surface area contributed by atoms with Gasteiger partial charge < -0.3 is 9.84 Å². The first-order valence-corrected chi connectivity index (χ1v) is 8.93. The Hall–Kier alpha value is -2.06. The van der Waals surface area contributed by atoms with Gasteiger partial charge in [-0.15, -0.1) is 0 Å². The Kier molecular flexibility index (Phi) is 5.60. The number of hydrogen-bond acceptors (Lipinski definition) is 4. The van der Waals surface area contributed by atoms with E-state index in [0.29, 0.717) is 29.4 Å². The summed E-state index contributed by atoms with van der Waals surface area (Å²) in [4.78, 5) is 16.3. The van der Waals surface area contributed by atoms with E-state index in [1.165, 1.54) is 12.1 Å². The standard InChI is InChI=1S/C17H12Br2FN3O2/c18-11-3-6-14(13(19)9-11)21-15(24)7-8-16-22-17(23-25-16)10-1-4-12(20)5-2-10/h1-6,9H,7-8H2,(H,21,24). The van der Waals surface area contributed by atoms with Gasteiger partial charge in [-0.05, 0) is 58.4 Å². The van der Waals surface area contributed by atoms with E-state index in [1.54, 1.807) is 18.2 Å². The number of anilines is 1. The number of nitrogens with one attached hydrogen (secondary N) is 1. The van der Waals surface area contributed by atoms with Crippen molar-refractivity contribution in [2.45, 2.75) is 12.8 Å². The molecule has 0 aliphatic heterocycles. The largest absolute Gasteiger partial charge is 0.339 e. The lowest BCUT2D eigenvalue weighted by Gasteiger charge is -2.06. The number of carbonyl (C=O) groups excluding carboxylic acids is 1. The molecule has 5 nitrogen and oxygen atoms in total. The van der Waals surface area contributed by atoms with Crippen molar-refractivity contribution < 1.29 is 13.7 Å². The highest BCUT2D eigenvalue weighted by Gasteiger charge is 2.12. The zero-order chi connectivity index (χ0) is 17.8. The van der Waals surface area contributed by atoms with E-state index in [1.807, 2.05) is 12.1 Å². The van der Waals surface area contributed by atoms with Crippen LogP contribution in [-0.2, 0) is 11.2 Å². The van der Waals surface area contributed by atoms with Crippen LogP contribution in [0.25, 0.3) is 11.4 Å². The Morgan fingerprint density at radius 3 is 2.64 bits per heavy atom. The van der Waals surface area contributed by atoms with E-state index >= 15 is 0 Å². The van der Waals surface area contributed by atoms with Crippen molar-refractivity contribution in [1.82, 2.24) is 10.1 Å². The van der Waals surface area contributed by atoms with Crippen LogP contribution in [-0.4, -0.2) is 16.0 Å². The number of nitrogens with zero attached hydrogens (tertiary/aromatic N) is 2. The minimum Gasteiger partial charge on any atom is -0.339 e. The van der Waals surface area contributed by atoms with Crippen molar-refractivity contribution >= 4 is 43.5 Å². The van der Waals surface area contributed by atoms with Crippen LogP contribution in [0.3, 0.4) is 0 Å². The fourth-order valence-corrected chi connectivity index (χ4v) is 3.24. The molecule has 0 aliphatic rings. The van der Waals surface area contributed by atoms with Gasteiger partial charge in [-0.1, -0.05) is 21.1 Å². The number of aryl methyl sites for hydroxylation is 1. The lowest BCUT2D eigenvalue weighted by atomic mass is 10.2. The van der Waals surface area contributed by atoms with Gasteiger partial charge in [0, 0.05) is 27.4 Å². The SMILES string of the molecule is O=C(CCc1nc(-c2ccc(F)cc2)no1)Nc1ccc(Br)cc1Br. The summed E-state index contributed by atoms with van der Waals surface area (Å²) in [6, 6.07) is 11.3. The molecule has 0 aliphatic carbocycles. The number of carbonyl (C=O) groups is 1. The van der Waals surface area contributed by atoms with Gasteiger partial charge in [0.05, 0.1) is 5.69 Å². The third-order valence-electron chi connectivity index (χ3n) is 3.34. The summed E-state index contributed by atoms with van der Waals surface area (Å²) in [5.41, 5.74) is 1.34. The van der Waals surface area contributed by atoms with Crippen LogP contribution in [0.1, 0.15) is 12.3 Å².